The first-order chi connectivity index (χ1) is 16.9. The van der Waals surface area contributed by atoms with Crippen LogP contribution in [0.1, 0.15) is 29.9 Å². The van der Waals surface area contributed by atoms with Crippen molar-refractivity contribution in [1.29, 1.82) is 0 Å². The third-order valence-corrected chi connectivity index (χ3v) is 7.55. The Morgan fingerprint density at radius 3 is 2.60 bits per heavy atom. The molecule has 9 heteroatoms. The summed E-state index contributed by atoms with van der Waals surface area (Å²) >= 11 is 0. The number of aromatic amines is 1. The van der Waals surface area contributed by atoms with E-state index in [9.17, 15) is 18.3 Å². The van der Waals surface area contributed by atoms with E-state index >= 15 is 0 Å². The van der Waals surface area contributed by atoms with Crippen molar-refractivity contribution in [3.63, 3.8) is 0 Å². The predicted molar refractivity (Wildman–Crippen MR) is 132 cm³/mol. The maximum atomic E-state index is 13.0. The van der Waals surface area contributed by atoms with Gasteiger partial charge in [0.15, 0.2) is 0 Å². The van der Waals surface area contributed by atoms with E-state index in [1.165, 1.54) is 0 Å². The molecule has 0 saturated heterocycles. The van der Waals surface area contributed by atoms with Crippen molar-refractivity contribution >= 4 is 37.7 Å². The second kappa shape index (κ2) is 7.99. The lowest BCUT2D eigenvalue weighted by Crippen LogP contribution is -2.17. The number of para-hydroxylation sites is 3. The Hall–Kier alpha value is -4.11. The Kier molecular flexibility index (Phi) is 4.89. The second-order valence-electron chi connectivity index (χ2n) is 8.75. The van der Waals surface area contributed by atoms with Crippen LogP contribution in [0.4, 0.5) is 5.69 Å². The van der Waals surface area contributed by atoms with Gasteiger partial charge >= 0.3 is 5.63 Å². The second-order valence-corrected chi connectivity index (χ2v) is 10.4. The average molecular weight is 488 g/mol. The number of rotatable bonds is 6. The summed E-state index contributed by atoms with van der Waals surface area (Å²) in [5.74, 6) is -0.374. The van der Waals surface area contributed by atoms with E-state index in [2.05, 4.69) is 14.7 Å². The maximum Gasteiger partial charge on any atom is 0.343 e. The largest absolute Gasteiger partial charge is 0.507 e. The summed E-state index contributed by atoms with van der Waals surface area (Å²) in [5, 5.41) is 11.3. The molecule has 6 rings (SSSR count). The summed E-state index contributed by atoms with van der Waals surface area (Å²) in [6, 6.07) is 20.8. The fourth-order valence-electron chi connectivity index (χ4n) is 4.58. The summed E-state index contributed by atoms with van der Waals surface area (Å²) in [4.78, 5) is 19.9. The molecule has 8 nitrogen and oxygen atoms in total. The minimum Gasteiger partial charge on any atom is -0.507 e. The molecular formula is C26H21N3O5S. The number of H-pyrrole nitrogens is 1. The Balaban J connectivity index is 1.39. The van der Waals surface area contributed by atoms with Gasteiger partial charge in [-0.2, -0.15) is 8.42 Å². The number of nitrogens with one attached hydrogen (secondary N) is 2. The van der Waals surface area contributed by atoms with Gasteiger partial charge in [-0.25, -0.2) is 9.78 Å². The van der Waals surface area contributed by atoms with Crippen molar-refractivity contribution in [2.24, 2.45) is 5.92 Å². The lowest BCUT2D eigenvalue weighted by Gasteiger charge is -2.19. The summed E-state index contributed by atoms with van der Waals surface area (Å²) in [7, 11) is -3.98. The molecule has 35 heavy (non-hydrogen) atoms. The number of aromatic nitrogens is 2. The summed E-state index contributed by atoms with van der Waals surface area (Å²) < 4.78 is 34.1. The molecule has 176 valence electrons. The van der Waals surface area contributed by atoms with Crippen LogP contribution in [0.3, 0.4) is 0 Å². The number of nitrogens with zero attached hydrogens (tertiary/aromatic N) is 1. The molecule has 1 unspecified atom stereocenters. The van der Waals surface area contributed by atoms with Crippen LogP contribution in [-0.2, 0) is 10.0 Å². The van der Waals surface area contributed by atoms with Crippen molar-refractivity contribution in [3.05, 3.63) is 94.3 Å². The first-order valence-corrected chi connectivity index (χ1v) is 12.7. The third-order valence-electron chi connectivity index (χ3n) is 6.34. The molecule has 5 aromatic rings. The van der Waals surface area contributed by atoms with Gasteiger partial charge in [0.25, 0.3) is 10.0 Å². The molecule has 2 aromatic heterocycles. The highest BCUT2D eigenvalue weighted by atomic mass is 32.2. The first-order valence-electron chi connectivity index (χ1n) is 11.2. The van der Waals surface area contributed by atoms with Crippen molar-refractivity contribution in [2.75, 3.05) is 4.72 Å². The van der Waals surface area contributed by atoms with Crippen LogP contribution in [0.15, 0.2) is 87.2 Å². The third kappa shape index (κ3) is 3.83. The Labute approximate surface area is 200 Å². The molecule has 1 aliphatic carbocycles. The zero-order valence-corrected chi connectivity index (χ0v) is 19.2. The molecule has 0 spiro atoms. The monoisotopic (exact) mass is 487 g/mol. The molecule has 0 radical (unpaired) electrons. The van der Waals surface area contributed by atoms with Gasteiger partial charge in [-0.3, -0.25) is 4.72 Å². The lowest BCUT2D eigenvalue weighted by atomic mass is 9.86. The van der Waals surface area contributed by atoms with Crippen LogP contribution in [0.2, 0.25) is 0 Å². The standard InChI is InChI=1S/C26H21N3O5S/c30-24-18-8-1-4-11-21(18)34-25(31)23(24)22(15-12-13-15)16-6-5-7-17(14-16)29-35(32,33)26-27-19-9-2-3-10-20(19)28-26/h1-11,14-15,22,29-30H,12-13H2,(H,27,28). The number of hydrogen-bond acceptors (Lipinski definition) is 6. The highest BCUT2D eigenvalue weighted by molar-refractivity contribution is 7.92. The minimum absolute atomic E-state index is 0.0954. The average Bonchev–Trinajstić information content (AvgIpc) is 3.57. The van der Waals surface area contributed by atoms with E-state index in [1.54, 1.807) is 66.7 Å². The highest BCUT2D eigenvalue weighted by Crippen LogP contribution is 2.48. The van der Waals surface area contributed by atoms with Crippen LogP contribution < -0.4 is 10.3 Å². The summed E-state index contributed by atoms with van der Waals surface area (Å²) in [6.45, 7) is 0. The lowest BCUT2D eigenvalue weighted by molar-refractivity contribution is 0.446. The van der Waals surface area contributed by atoms with Gasteiger partial charge in [0.1, 0.15) is 11.3 Å². The number of aromatic hydroxyl groups is 1. The molecule has 2 heterocycles. The van der Waals surface area contributed by atoms with E-state index < -0.39 is 21.6 Å². The van der Waals surface area contributed by atoms with E-state index in [1.807, 2.05) is 6.07 Å². The Morgan fingerprint density at radius 2 is 1.80 bits per heavy atom. The SMILES string of the molecule is O=c1oc2ccccc2c(O)c1C(c1cccc(NS(=O)(=O)c2nc3ccccc3[nH]2)c1)C1CC1. The molecule has 3 aromatic carbocycles. The van der Waals surface area contributed by atoms with Gasteiger partial charge in [0.05, 0.1) is 22.0 Å². The van der Waals surface area contributed by atoms with Crippen LogP contribution in [-0.4, -0.2) is 23.5 Å². The molecule has 0 aliphatic heterocycles. The van der Waals surface area contributed by atoms with E-state index in [-0.39, 0.29) is 22.4 Å². The smallest absolute Gasteiger partial charge is 0.343 e. The Bertz CT molecular complexity index is 1720. The minimum atomic E-state index is -3.98. The number of anilines is 1. The first kappa shape index (κ1) is 21.4. The van der Waals surface area contributed by atoms with Crippen LogP contribution in [0.5, 0.6) is 5.75 Å². The van der Waals surface area contributed by atoms with E-state index in [0.717, 1.165) is 18.4 Å². The Morgan fingerprint density at radius 1 is 1.03 bits per heavy atom. The van der Waals surface area contributed by atoms with Crippen molar-refractivity contribution in [1.82, 2.24) is 9.97 Å². The van der Waals surface area contributed by atoms with Crippen LogP contribution >= 0.6 is 0 Å². The number of imidazole rings is 1. The molecule has 0 bridgehead atoms. The number of benzene rings is 3. The van der Waals surface area contributed by atoms with Crippen molar-refractivity contribution in [3.8, 4) is 5.75 Å². The zero-order valence-electron chi connectivity index (χ0n) is 18.4. The quantitative estimate of drug-likeness (QED) is 0.298. The fraction of sp³-hybridized carbons (Fsp3) is 0.154. The zero-order chi connectivity index (χ0) is 24.2. The van der Waals surface area contributed by atoms with Crippen LogP contribution in [0, 0.1) is 5.92 Å². The molecule has 3 N–H and O–H groups in total. The van der Waals surface area contributed by atoms with Gasteiger partial charge in [-0.1, -0.05) is 36.4 Å². The topological polar surface area (TPSA) is 125 Å². The van der Waals surface area contributed by atoms with Crippen molar-refractivity contribution < 1.29 is 17.9 Å². The predicted octanol–water partition coefficient (Wildman–Crippen LogP) is 4.72. The molecule has 0 amide bonds. The molecular weight excluding hydrogens is 466 g/mol. The van der Waals surface area contributed by atoms with Gasteiger partial charge in [0, 0.05) is 11.6 Å². The van der Waals surface area contributed by atoms with Gasteiger partial charge in [-0.05, 0) is 60.7 Å². The fourth-order valence-corrected chi connectivity index (χ4v) is 5.58. The van der Waals surface area contributed by atoms with E-state index in [4.69, 9.17) is 4.42 Å². The maximum absolute atomic E-state index is 13.0. The molecule has 1 atom stereocenters. The molecule has 1 aliphatic rings. The van der Waals surface area contributed by atoms with Gasteiger partial charge in [0.2, 0.25) is 5.16 Å². The highest BCUT2D eigenvalue weighted by Gasteiger charge is 2.38. The van der Waals surface area contributed by atoms with Crippen LogP contribution in [0.25, 0.3) is 22.0 Å². The van der Waals surface area contributed by atoms with Gasteiger partial charge < -0.3 is 14.5 Å². The van der Waals surface area contributed by atoms with Crippen molar-refractivity contribution in [2.45, 2.75) is 23.9 Å². The van der Waals surface area contributed by atoms with Gasteiger partial charge in [-0.15, -0.1) is 0 Å². The normalized spacial score (nSPS) is 14.9. The van der Waals surface area contributed by atoms with E-state index in [0.29, 0.717) is 27.7 Å². The number of sulfonamides is 1. The molecule has 1 fully saturated rings. The number of fused-ring (bicyclic) bond motifs is 2. The summed E-state index contributed by atoms with van der Waals surface area (Å²) in [5.41, 5.74) is 2.15. The summed E-state index contributed by atoms with van der Waals surface area (Å²) in [6.07, 6.45) is 1.79. The number of hydrogen-bond donors (Lipinski definition) is 3. The molecule has 1 saturated carbocycles.